The summed E-state index contributed by atoms with van der Waals surface area (Å²) in [6.07, 6.45) is 41.2. The molecule has 6 heteroatoms. The van der Waals surface area contributed by atoms with Gasteiger partial charge in [-0.3, -0.25) is 9.59 Å². The van der Waals surface area contributed by atoms with Crippen LogP contribution in [-0.2, 0) is 19.1 Å². The number of aliphatic hydroxyl groups excluding tert-OH is 1. The van der Waals surface area contributed by atoms with E-state index in [-0.39, 0.29) is 30.4 Å². The predicted octanol–water partition coefficient (Wildman–Crippen LogP) is 14.3. The maximum atomic E-state index is 12.9. The second-order valence-electron chi connectivity index (χ2n) is 17.0. The van der Waals surface area contributed by atoms with Gasteiger partial charge in [0.05, 0.1) is 25.0 Å². The maximum absolute atomic E-state index is 12.9. The molecule has 0 aliphatic carbocycles. The Morgan fingerprint density at radius 2 is 0.655 bits per heavy atom. The van der Waals surface area contributed by atoms with Crippen LogP contribution in [0.2, 0.25) is 0 Å². The normalized spacial score (nSPS) is 12.7. The minimum Gasteiger partial charge on any atom is -0.465 e. The Balaban J connectivity index is 4.20. The van der Waals surface area contributed by atoms with Gasteiger partial charge in [0.25, 0.3) is 0 Å². The van der Waals surface area contributed by atoms with Crippen molar-refractivity contribution in [1.82, 2.24) is 4.90 Å². The minimum absolute atomic E-state index is 0.0590. The smallest absolute Gasteiger partial charge is 0.308 e. The molecular formula is C49H97NO5. The second kappa shape index (κ2) is 44.0. The zero-order valence-electron chi connectivity index (χ0n) is 37.7. The molecule has 0 saturated heterocycles. The molecule has 0 radical (unpaired) electrons. The van der Waals surface area contributed by atoms with Crippen molar-refractivity contribution in [2.75, 3.05) is 39.5 Å². The van der Waals surface area contributed by atoms with Crippen LogP contribution in [0.5, 0.6) is 0 Å². The molecule has 0 aromatic carbocycles. The first kappa shape index (κ1) is 53.9. The van der Waals surface area contributed by atoms with Gasteiger partial charge in [-0.25, -0.2) is 0 Å². The van der Waals surface area contributed by atoms with Crippen LogP contribution in [0.15, 0.2) is 0 Å². The van der Waals surface area contributed by atoms with Crippen molar-refractivity contribution in [2.24, 2.45) is 11.8 Å². The second-order valence-corrected chi connectivity index (χ2v) is 17.0. The Bertz CT molecular complexity index is 731. The monoisotopic (exact) mass is 780 g/mol. The number of aliphatic hydroxyl groups is 1. The lowest BCUT2D eigenvalue weighted by molar-refractivity contribution is -0.150. The van der Waals surface area contributed by atoms with Crippen LogP contribution in [0.3, 0.4) is 0 Å². The summed E-state index contributed by atoms with van der Waals surface area (Å²) in [5.41, 5.74) is 0. The molecule has 0 aromatic heterocycles. The van der Waals surface area contributed by atoms with Crippen LogP contribution in [0.4, 0.5) is 0 Å². The Labute approximate surface area is 343 Å². The molecule has 328 valence electrons. The number of unbranched alkanes of at least 4 members (excludes halogenated alkanes) is 24. The first-order valence-corrected chi connectivity index (χ1v) is 24.7. The minimum atomic E-state index is 0.0590. The summed E-state index contributed by atoms with van der Waals surface area (Å²) in [5, 5.41) is 9.44. The zero-order chi connectivity index (χ0) is 40.3. The van der Waals surface area contributed by atoms with Crippen molar-refractivity contribution < 1.29 is 24.2 Å². The highest BCUT2D eigenvalue weighted by atomic mass is 16.5. The predicted molar refractivity (Wildman–Crippen MR) is 237 cm³/mol. The number of rotatable bonds is 45. The summed E-state index contributed by atoms with van der Waals surface area (Å²) in [5.74, 6) is 0.312. The van der Waals surface area contributed by atoms with Gasteiger partial charge in [-0.2, -0.15) is 0 Å². The van der Waals surface area contributed by atoms with Crippen molar-refractivity contribution in [2.45, 2.75) is 252 Å². The number of ether oxygens (including phenoxy) is 2. The molecule has 0 rings (SSSR count). The van der Waals surface area contributed by atoms with Gasteiger partial charge in [0.15, 0.2) is 0 Å². The van der Waals surface area contributed by atoms with E-state index in [1.165, 1.54) is 141 Å². The summed E-state index contributed by atoms with van der Waals surface area (Å²) in [7, 11) is 0. The Morgan fingerprint density at radius 1 is 0.382 bits per heavy atom. The molecule has 0 aromatic rings. The molecule has 2 atom stereocenters. The van der Waals surface area contributed by atoms with Crippen molar-refractivity contribution in [3.63, 3.8) is 0 Å². The molecule has 2 unspecified atom stereocenters. The molecule has 0 heterocycles. The third-order valence-corrected chi connectivity index (χ3v) is 11.6. The quantitative estimate of drug-likeness (QED) is 0.0490. The van der Waals surface area contributed by atoms with Gasteiger partial charge in [-0.1, -0.05) is 195 Å². The largest absolute Gasteiger partial charge is 0.465 e. The molecule has 0 amide bonds. The molecule has 1 N–H and O–H groups in total. The summed E-state index contributed by atoms with van der Waals surface area (Å²) in [6.45, 7) is 13.6. The number of carbonyl (C=O) groups excluding carboxylic acids is 2. The number of carbonyl (C=O) groups is 2. The SMILES string of the molecule is CCCCCCCCC(CCCCCC)C(=O)OCCCCCCCN(CCCO)CCCCCCCOC(=O)C(CCCCCC)CCCCCCCC. The molecule has 0 fully saturated rings. The third kappa shape index (κ3) is 36.9. The van der Waals surface area contributed by atoms with E-state index in [1.807, 2.05) is 0 Å². The molecule has 0 aliphatic rings. The number of nitrogens with zero attached hydrogens (tertiary/aromatic N) is 1. The Morgan fingerprint density at radius 3 is 1.00 bits per heavy atom. The van der Waals surface area contributed by atoms with E-state index in [0.29, 0.717) is 13.2 Å². The maximum Gasteiger partial charge on any atom is 0.308 e. The van der Waals surface area contributed by atoms with Crippen LogP contribution < -0.4 is 0 Å². The van der Waals surface area contributed by atoms with Gasteiger partial charge in [0, 0.05) is 13.2 Å². The average Bonchev–Trinajstić information content (AvgIpc) is 3.19. The highest BCUT2D eigenvalue weighted by Gasteiger charge is 2.20. The van der Waals surface area contributed by atoms with Crippen molar-refractivity contribution in [3.8, 4) is 0 Å². The highest BCUT2D eigenvalue weighted by Crippen LogP contribution is 2.22. The Kier molecular flexibility index (Phi) is 43.1. The fourth-order valence-electron chi connectivity index (χ4n) is 7.88. The molecule has 0 spiro atoms. The topological polar surface area (TPSA) is 76.1 Å². The molecular weight excluding hydrogens is 683 g/mol. The summed E-state index contributed by atoms with van der Waals surface area (Å²) >= 11 is 0. The van der Waals surface area contributed by atoms with Gasteiger partial charge in [0.1, 0.15) is 0 Å². The fourth-order valence-corrected chi connectivity index (χ4v) is 7.88. The first-order chi connectivity index (χ1) is 27.0. The average molecular weight is 780 g/mol. The Hall–Kier alpha value is -1.14. The molecule has 55 heavy (non-hydrogen) atoms. The lowest BCUT2D eigenvalue weighted by Crippen LogP contribution is -2.28. The molecule has 0 aliphatic heterocycles. The van der Waals surface area contributed by atoms with Gasteiger partial charge in [-0.05, 0) is 70.9 Å². The van der Waals surface area contributed by atoms with E-state index in [9.17, 15) is 14.7 Å². The van der Waals surface area contributed by atoms with E-state index in [2.05, 4.69) is 32.6 Å². The molecule has 6 nitrogen and oxygen atoms in total. The lowest BCUT2D eigenvalue weighted by Gasteiger charge is -2.22. The van der Waals surface area contributed by atoms with Gasteiger partial charge >= 0.3 is 11.9 Å². The van der Waals surface area contributed by atoms with Crippen LogP contribution in [0.1, 0.15) is 252 Å². The zero-order valence-corrected chi connectivity index (χ0v) is 37.7. The van der Waals surface area contributed by atoms with E-state index in [4.69, 9.17) is 9.47 Å². The summed E-state index contributed by atoms with van der Waals surface area (Å²) in [6, 6.07) is 0. The van der Waals surface area contributed by atoms with E-state index >= 15 is 0 Å². The fraction of sp³-hybridized carbons (Fsp3) is 0.959. The highest BCUT2D eigenvalue weighted by molar-refractivity contribution is 5.72. The van der Waals surface area contributed by atoms with Crippen molar-refractivity contribution >= 4 is 11.9 Å². The number of hydrogen-bond donors (Lipinski definition) is 1. The number of esters is 2. The van der Waals surface area contributed by atoms with Crippen LogP contribution >= 0.6 is 0 Å². The van der Waals surface area contributed by atoms with Crippen LogP contribution in [0, 0.1) is 11.8 Å². The van der Waals surface area contributed by atoms with Crippen molar-refractivity contribution in [1.29, 1.82) is 0 Å². The van der Waals surface area contributed by atoms with E-state index in [0.717, 1.165) is 103 Å². The lowest BCUT2D eigenvalue weighted by atomic mass is 9.94. The van der Waals surface area contributed by atoms with Crippen LogP contribution in [-0.4, -0.2) is 61.4 Å². The van der Waals surface area contributed by atoms with E-state index < -0.39 is 0 Å². The molecule has 0 saturated carbocycles. The first-order valence-electron chi connectivity index (χ1n) is 24.7. The van der Waals surface area contributed by atoms with Gasteiger partial charge in [0.2, 0.25) is 0 Å². The standard InChI is InChI=1S/C49H97NO5/c1-5-9-13-17-21-29-38-46(36-27-15-11-7-3)48(52)54-44-33-25-19-23-31-40-50(42-35-43-51)41-32-24-20-26-34-45-55-49(53)47(37-28-16-12-8-4)39-30-22-18-14-10-6-2/h46-47,51H,5-45H2,1-4H3. The third-order valence-electron chi connectivity index (χ3n) is 11.6. The summed E-state index contributed by atoms with van der Waals surface area (Å²) in [4.78, 5) is 28.4. The van der Waals surface area contributed by atoms with Crippen molar-refractivity contribution in [3.05, 3.63) is 0 Å². The van der Waals surface area contributed by atoms with Gasteiger partial charge < -0.3 is 19.5 Å². The summed E-state index contributed by atoms with van der Waals surface area (Å²) < 4.78 is 11.6. The van der Waals surface area contributed by atoms with Crippen LogP contribution in [0.25, 0.3) is 0 Å². The molecule has 0 bridgehead atoms. The number of hydrogen-bond acceptors (Lipinski definition) is 6. The van der Waals surface area contributed by atoms with Gasteiger partial charge in [-0.15, -0.1) is 0 Å². The van der Waals surface area contributed by atoms with E-state index in [1.54, 1.807) is 0 Å².